The van der Waals surface area contributed by atoms with Crippen LogP contribution in [-0.4, -0.2) is 5.78 Å². The van der Waals surface area contributed by atoms with Crippen LogP contribution >= 0.6 is 0 Å². The average molecular weight is 176 g/mol. The van der Waals surface area contributed by atoms with Crippen molar-refractivity contribution in [3.8, 4) is 0 Å². The number of rotatable bonds is 2. The van der Waals surface area contributed by atoms with Gasteiger partial charge >= 0.3 is 0 Å². The van der Waals surface area contributed by atoms with Gasteiger partial charge in [0.2, 0.25) is 0 Å². The largest absolute Gasteiger partial charge is 0.295 e. The lowest BCUT2D eigenvalue weighted by Crippen LogP contribution is -2.19. The number of ketones is 1. The van der Waals surface area contributed by atoms with Gasteiger partial charge in [-0.1, -0.05) is 18.2 Å². The summed E-state index contributed by atoms with van der Waals surface area (Å²) in [5.74, 6) is 1.90. The van der Waals surface area contributed by atoms with E-state index in [9.17, 15) is 4.79 Å². The highest BCUT2D eigenvalue weighted by Crippen LogP contribution is 2.51. The van der Waals surface area contributed by atoms with Crippen LogP contribution in [0.5, 0.6) is 0 Å². The third-order valence-electron chi connectivity index (χ3n) is 3.65. The highest BCUT2D eigenvalue weighted by atomic mass is 16.1. The minimum Gasteiger partial charge on any atom is -0.295 e. The molecule has 0 heterocycles. The van der Waals surface area contributed by atoms with Crippen LogP contribution < -0.4 is 0 Å². The Bertz CT molecular complexity index is 275. The first-order chi connectivity index (χ1) is 6.26. The van der Waals surface area contributed by atoms with Gasteiger partial charge in [-0.15, -0.1) is 0 Å². The van der Waals surface area contributed by atoms with E-state index in [1.54, 1.807) is 5.57 Å². The summed E-state index contributed by atoms with van der Waals surface area (Å²) >= 11 is 0. The molecule has 0 amide bonds. The molecule has 1 heteroatoms. The first-order valence-corrected chi connectivity index (χ1v) is 5.07. The van der Waals surface area contributed by atoms with E-state index in [4.69, 9.17) is 0 Å². The predicted molar refractivity (Wildman–Crippen MR) is 53.3 cm³/mol. The lowest BCUT2D eigenvalue weighted by Gasteiger charge is -2.20. The molecule has 3 unspecified atom stereocenters. The summed E-state index contributed by atoms with van der Waals surface area (Å²) < 4.78 is 0. The first-order valence-electron chi connectivity index (χ1n) is 5.07. The summed E-state index contributed by atoms with van der Waals surface area (Å²) in [7, 11) is 0. The monoisotopic (exact) mass is 176 g/mol. The Morgan fingerprint density at radius 3 is 2.77 bits per heavy atom. The number of fused-ring (bicyclic) bond motifs is 2. The number of hydrogen-bond donors (Lipinski definition) is 0. The molecule has 0 aliphatic heterocycles. The van der Waals surface area contributed by atoms with E-state index >= 15 is 0 Å². The van der Waals surface area contributed by atoms with Crippen LogP contribution in [-0.2, 0) is 4.79 Å². The minimum absolute atomic E-state index is 0.266. The molecule has 2 fully saturated rings. The molecule has 0 aromatic rings. The van der Waals surface area contributed by atoms with Gasteiger partial charge in [-0.3, -0.25) is 4.79 Å². The molecule has 0 saturated heterocycles. The SMILES string of the molecule is C=CC(=O)C1CC2CC1CC2=CC. The molecule has 2 aliphatic carbocycles. The van der Waals surface area contributed by atoms with Crippen molar-refractivity contribution in [3.05, 3.63) is 24.3 Å². The summed E-state index contributed by atoms with van der Waals surface area (Å²) in [6.07, 6.45) is 7.21. The van der Waals surface area contributed by atoms with E-state index in [1.807, 2.05) is 0 Å². The zero-order chi connectivity index (χ0) is 9.42. The molecule has 2 aliphatic rings. The molecule has 0 aromatic carbocycles. The van der Waals surface area contributed by atoms with Crippen molar-refractivity contribution in [2.24, 2.45) is 17.8 Å². The zero-order valence-corrected chi connectivity index (χ0v) is 8.12. The lowest BCUT2D eigenvalue weighted by molar-refractivity contribution is -0.119. The molecule has 2 bridgehead atoms. The van der Waals surface area contributed by atoms with Gasteiger partial charge in [-0.05, 0) is 44.1 Å². The second-order valence-electron chi connectivity index (χ2n) is 4.21. The second-order valence-corrected chi connectivity index (χ2v) is 4.21. The van der Waals surface area contributed by atoms with Crippen molar-refractivity contribution < 1.29 is 4.79 Å². The van der Waals surface area contributed by atoms with Crippen molar-refractivity contribution in [3.63, 3.8) is 0 Å². The van der Waals surface area contributed by atoms with Crippen molar-refractivity contribution in [1.29, 1.82) is 0 Å². The Kier molecular flexibility index (Phi) is 2.10. The maximum absolute atomic E-state index is 11.5. The lowest BCUT2D eigenvalue weighted by atomic mass is 9.83. The van der Waals surface area contributed by atoms with Gasteiger partial charge in [0, 0.05) is 5.92 Å². The van der Waals surface area contributed by atoms with Crippen molar-refractivity contribution >= 4 is 5.78 Å². The maximum atomic E-state index is 11.5. The van der Waals surface area contributed by atoms with Gasteiger partial charge in [-0.25, -0.2) is 0 Å². The molecular weight excluding hydrogens is 160 g/mol. The highest BCUT2D eigenvalue weighted by Gasteiger charge is 2.44. The molecule has 70 valence electrons. The molecule has 0 spiro atoms. The fourth-order valence-electron chi connectivity index (χ4n) is 2.98. The molecule has 0 radical (unpaired) electrons. The number of carbonyl (C=O) groups is 1. The molecular formula is C12H16O. The van der Waals surface area contributed by atoms with E-state index in [-0.39, 0.29) is 5.78 Å². The van der Waals surface area contributed by atoms with Crippen LogP contribution in [0.15, 0.2) is 24.3 Å². The van der Waals surface area contributed by atoms with Gasteiger partial charge in [0.1, 0.15) is 0 Å². The van der Waals surface area contributed by atoms with E-state index in [0.29, 0.717) is 17.8 Å². The summed E-state index contributed by atoms with van der Waals surface area (Å²) in [5, 5.41) is 0. The second kappa shape index (κ2) is 3.13. The van der Waals surface area contributed by atoms with E-state index in [1.165, 1.54) is 12.5 Å². The highest BCUT2D eigenvalue weighted by molar-refractivity contribution is 5.91. The number of hydrogen-bond acceptors (Lipinski definition) is 1. The maximum Gasteiger partial charge on any atom is 0.158 e. The van der Waals surface area contributed by atoms with Gasteiger partial charge in [0.15, 0.2) is 5.78 Å². The molecule has 3 atom stereocenters. The van der Waals surface area contributed by atoms with Crippen LogP contribution in [0, 0.1) is 17.8 Å². The van der Waals surface area contributed by atoms with Crippen LogP contribution in [0.25, 0.3) is 0 Å². The molecule has 13 heavy (non-hydrogen) atoms. The fourth-order valence-corrected chi connectivity index (χ4v) is 2.98. The third-order valence-corrected chi connectivity index (χ3v) is 3.65. The Hall–Kier alpha value is -0.850. The normalized spacial score (nSPS) is 39.8. The van der Waals surface area contributed by atoms with Gasteiger partial charge in [0.05, 0.1) is 0 Å². The Labute approximate surface area is 79.5 Å². The number of allylic oxidation sites excluding steroid dienone is 3. The smallest absolute Gasteiger partial charge is 0.158 e. The molecule has 2 saturated carbocycles. The molecule has 1 nitrogen and oxygen atoms in total. The van der Waals surface area contributed by atoms with Crippen LogP contribution in [0.3, 0.4) is 0 Å². The Morgan fingerprint density at radius 1 is 1.54 bits per heavy atom. The average Bonchev–Trinajstić information content (AvgIpc) is 2.74. The van der Waals surface area contributed by atoms with Crippen LogP contribution in [0.1, 0.15) is 26.2 Å². The van der Waals surface area contributed by atoms with Crippen molar-refractivity contribution in [2.75, 3.05) is 0 Å². The number of carbonyl (C=O) groups excluding carboxylic acids is 1. The fraction of sp³-hybridized carbons (Fsp3) is 0.583. The minimum atomic E-state index is 0.266. The van der Waals surface area contributed by atoms with Crippen LogP contribution in [0.2, 0.25) is 0 Å². The standard InChI is InChI=1S/C12H16O/c1-3-8-5-10-6-9(8)7-11(10)12(13)4-2/h3-4,9-11H,2,5-7H2,1H3. The van der Waals surface area contributed by atoms with Crippen molar-refractivity contribution in [1.82, 2.24) is 0 Å². The van der Waals surface area contributed by atoms with E-state index in [0.717, 1.165) is 12.8 Å². The quantitative estimate of drug-likeness (QED) is 0.467. The molecule has 0 N–H and O–H groups in total. The topological polar surface area (TPSA) is 17.1 Å². The Balaban J connectivity index is 2.11. The summed E-state index contributed by atoms with van der Waals surface area (Å²) in [4.78, 5) is 11.5. The first kappa shape index (κ1) is 8.74. The van der Waals surface area contributed by atoms with Gasteiger partial charge in [-0.2, -0.15) is 0 Å². The summed E-state index contributed by atoms with van der Waals surface area (Å²) in [6, 6.07) is 0. The summed E-state index contributed by atoms with van der Waals surface area (Å²) in [5.41, 5.74) is 1.58. The molecule has 2 rings (SSSR count). The van der Waals surface area contributed by atoms with Gasteiger partial charge in [0.25, 0.3) is 0 Å². The molecule has 0 aromatic heterocycles. The van der Waals surface area contributed by atoms with Crippen LogP contribution in [0.4, 0.5) is 0 Å². The summed E-state index contributed by atoms with van der Waals surface area (Å²) in [6.45, 7) is 5.68. The predicted octanol–water partition coefficient (Wildman–Crippen LogP) is 2.73. The third kappa shape index (κ3) is 1.27. The van der Waals surface area contributed by atoms with Gasteiger partial charge < -0.3 is 0 Å². The van der Waals surface area contributed by atoms with E-state index < -0.39 is 0 Å². The zero-order valence-electron chi connectivity index (χ0n) is 8.12. The Morgan fingerprint density at radius 2 is 2.31 bits per heavy atom. The van der Waals surface area contributed by atoms with Crippen molar-refractivity contribution in [2.45, 2.75) is 26.2 Å². The van der Waals surface area contributed by atoms with E-state index in [2.05, 4.69) is 19.6 Å².